The number of nitrogens with zero attached hydrogens (tertiary/aromatic N) is 1. The van der Waals surface area contributed by atoms with Crippen LogP contribution in [0.2, 0.25) is 0 Å². The van der Waals surface area contributed by atoms with E-state index < -0.39 is 0 Å². The van der Waals surface area contributed by atoms with Crippen molar-refractivity contribution in [3.8, 4) is 0 Å². The summed E-state index contributed by atoms with van der Waals surface area (Å²) in [6.45, 7) is 1.58. The molecule has 114 valence electrons. The first-order valence-corrected chi connectivity index (χ1v) is 7.59. The van der Waals surface area contributed by atoms with E-state index in [4.69, 9.17) is 0 Å². The molecule has 22 heavy (non-hydrogen) atoms. The zero-order valence-electron chi connectivity index (χ0n) is 12.3. The number of carbonyl (C=O) groups excluding carboxylic acids is 1. The molecule has 0 spiro atoms. The molecule has 3 nitrogen and oxygen atoms in total. The van der Waals surface area contributed by atoms with Crippen LogP contribution in [0.4, 0.5) is 10.1 Å². The third kappa shape index (κ3) is 3.27. The number of carbonyl (C=O) groups is 1. The zero-order valence-corrected chi connectivity index (χ0v) is 12.3. The van der Waals surface area contributed by atoms with Crippen LogP contribution < -0.4 is 10.2 Å². The van der Waals surface area contributed by atoms with Gasteiger partial charge in [0.2, 0.25) is 0 Å². The Labute approximate surface area is 129 Å². The van der Waals surface area contributed by atoms with E-state index in [9.17, 15) is 9.18 Å². The van der Waals surface area contributed by atoms with Gasteiger partial charge in [0.05, 0.1) is 0 Å². The number of para-hydroxylation sites is 1. The van der Waals surface area contributed by atoms with Crippen LogP contribution in [-0.4, -0.2) is 25.0 Å². The molecule has 1 unspecified atom stereocenters. The number of nitrogens with one attached hydrogen (secondary N) is 1. The van der Waals surface area contributed by atoms with Gasteiger partial charge in [-0.25, -0.2) is 4.39 Å². The van der Waals surface area contributed by atoms with Crippen LogP contribution in [0, 0.1) is 5.82 Å². The van der Waals surface area contributed by atoms with Crippen molar-refractivity contribution in [2.24, 2.45) is 0 Å². The first kappa shape index (κ1) is 14.6. The Morgan fingerprint density at radius 2 is 2.00 bits per heavy atom. The van der Waals surface area contributed by atoms with Gasteiger partial charge in [-0.1, -0.05) is 24.3 Å². The second kappa shape index (κ2) is 6.60. The monoisotopic (exact) mass is 298 g/mol. The van der Waals surface area contributed by atoms with Gasteiger partial charge in [0, 0.05) is 30.4 Å². The van der Waals surface area contributed by atoms with Crippen molar-refractivity contribution in [1.82, 2.24) is 5.32 Å². The summed E-state index contributed by atoms with van der Waals surface area (Å²) in [5.41, 5.74) is 1.55. The van der Waals surface area contributed by atoms with E-state index in [1.165, 1.54) is 17.8 Å². The molecule has 2 aromatic carbocycles. The minimum Gasteiger partial charge on any atom is -0.367 e. The normalized spacial score (nSPS) is 17.5. The SMILES string of the molecule is O=C(NCC1CCCN1c1ccccc1)c1cccc(F)c1. The van der Waals surface area contributed by atoms with E-state index >= 15 is 0 Å². The second-order valence-electron chi connectivity index (χ2n) is 5.55. The topological polar surface area (TPSA) is 32.3 Å². The molecule has 0 radical (unpaired) electrons. The molecule has 1 N–H and O–H groups in total. The molecule has 1 aliphatic rings. The Kier molecular flexibility index (Phi) is 4.37. The van der Waals surface area contributed by atoms with Crippen LogP contribution in [0.3, 0.4) is 0 Å². The fourth-order valence-electron chi connectivity index (χ4n) is 2.95. The summed E-state index contributed by atoms with van der Waals surface area (Å²) in [4.78, 5) is 14.4. The average molecular weight is 298 g/mol. The lowest BCUT2D eigenvalue weighted by Crippen LogP contribution is -2.40. The fraction of sp³-hybridized carbons (Fsp3) is 0.278. The van der Waals surface area contributed by atoms with Crippen molar-refractivity contribution in [3.63, 3.8) is 0 Å². The number of anilines is 1. The predicted molar refractivity (Wildman–Crippen MR) is 85.5 cm³/mol. The van der Waals surface area contributed by atoms with Crippen LogP contribution >= 0.6 is 0 Å². The van der Waals surface area contributed by atoms with Crippen molar-refractivity contribution in [2.75, 3.05) is 18.0 Å². The van der Waals surface area contributed by atoms with Gasteiger partial charge in [-0.2, -0.15) is 0 Å². The minimum atomic E-state index is -0.389. The smallest absolute Gasteiger partial charge is 0.251 e. The Balaban J connectivity index is 1.62. The molecule has 0 aromatic heterocycles. The van der Waals surface area contributed by atoms with E-state index in [-0.39, 0.29) is 11.7 Å². The Hall–Kier alpha value is -2.36. The Morgan fingerprint density at radius 1 is 1.18 bits per heavy atom. The van der Waals surface area contributed by atoms with Crippen molar-refractivity contribution in [1.29, 1.82) is 0 Å². The van der Waals surface area contributed by atoms with Gasteiger partial charge in [-0.3, -0.25) is 4.79 Å². The van der Waals surface area contributed by atoms with Crippen molar-refractivity contribution >= 4 is 11.6 Å². The van der Waals surface area contributed by atoms with Crippen LogP contribution in [-0.2, 0) is 0 Å². The summed E-state index contributed by atoms with van der Waals surface area (Å²) in [7, 11) is 0. The van der Waals surface area contributed by atoms with E-state index in [0.717, 1.165) is 19.4 Å². The standard InChI is InChI=1S/C18H19FN2O/c19-15-7-4-6-14(12-15)18(22)20-13-17-10-5-11-21(17)16-8-2-1-3-9-16/h1-4,6-9,12,17H,5,10-11,13H2,(H,20,22). The molecule has 1 atom stereocenters. The average Bonchev–Trinajstić information content (AvgIpc) is 3.02. The minimum absolute atomic E-state index is 0.223. The lowest BCUT2D eigenvalue weighted by molar-refractivity contribution is 0.0951. The lowest BCUT2D eigenvalue weighted by atomic mass is 10.1. The molecule has 0 aliphatic carbocycles. The maximum Gasteiger partial charge on any atom is 0.251 e. The summed E-state index contributed by atoms with van der Waals surface area (Å²) in [6, 6.07) is 16.3. The molecular weight excluding hydrogens is 279 g/mol. The molecular formula is C18H19FN2O. The van der Waals surface area contributed by atoms with E-state index in [1.807, 2.05) is 18.2 Å². The van der Waals surface area contributed by atoms with Gasteiger partial charge in [-0.15, -0.1) is 0 Å². The zero-order chi connectivity index (χ0) is 15.4. The molecule has 1 aliphatic heterocycles. The van der Waals surface area contributed by atoms with Gasteiger partial charge < -0.3 is 10.2 Å². The molecule has 0 saturated carbocycles. The van der Waals surface area contributed by atoms with E-state index in [2.05, 4.69) is 22.3 Å². The number of halogens is 1. The van der Waals surface area contributed by atoms with Crippen LogP contribution in [0.25, 0.3) is 0 Å². The summed E-state index contributed by atoms with van der Waals surface area (Å²) in [5.74, 6) is -0.612. The summed E-state index contributed by atoms with van der Waals surface area (Å²) < 4.78 is 13.2. The highest BCUT2D eigenvalue weighted by Crippen LogP contribution is 2.24. The number of amides is 1. The van der Waals surface area contributed by atoms with Gasteiger partial charge in [0.25, 0.3) is 5.91 Å². The summed E-state index contributed by atoms with van der Waals surface area (Å²) in [5, 5.41) is 2.92. The third-order valence-corrected chi connectivity index (χ3v) is 4.05. The maximum atomic E-state index is 13.2. The highest BCUT2D eigenvalue weighted by atomic mass is 19.1. The first-order chi connectivity index (χ1) is 10.7. The highest BCUT2D eigenvalue weighted by Gasteiger charge is 2.25. The third-order valence-electron chi connectivity index (χ3n) is 4.05. The van der Waals surface area contributed by atoms with Crippen molar-refractivity contribution < 1.29 is 9.18 Å². The number of hydrogen-bond acceptors (Lipinski definition) is 2. The highest BCUT2D eigenvalue weighted by molar-refractivity contribution is 5.94. The molecule has 1 saturated heterocycles. The molecule has 2 aromatic rings. The Morgan fingerprint density at radius 3 is 2.77 bits per heavy atom. The van der Waals surface area contributed by atoms with Gasteiger partial charge >= 0.3 is 0 Å². The molecule has 1 amide bonds. The van der Waals surface area contributed by atoms with Crippen molar-refractivity contribution in [2.45, 2.75) is 18.9 Å². The summed E-state index contributed by atoms with van der Waals surface area (Å²) >= 11 is 0. The van der Waals surface area contributed by atoms with E-state index in [1.54, 1.807) is 12.1 Å². The number of benzene rings is 2. The maximum absolute atomic E-state index is 13.2. The number of rotatable bonds is 4. The van der Waals surface area contributed by atoms with Gasteiger partial charge in [0.1, 0.15) is 5.82 Å². The van der Waals surface area contributed by atoms with Crippen LogP contribution in [0.5, 0.6) is 0 Å². The second-order valence-corrected chi connectivity index (χ2v) is 5.55. The van der Waals surface area contributed by atoms with Crippen molar-refractivity contribution in [3.05, 3.63) is 66.0 Å². The first-order valence-electron chi connectivity index (χ1n) is 7.59. The van der Waals surface area contributed by atoms with E-state index in [0.29, 0.717) is 18.2 Å². The Bertz CT molecular complexity index is 645. The molecule has 1 heterocycles. The quantitative estimate of drug-likeness (QED) is 0.940. The van der Waals surface area contributed by atoms with Gasteiger partial charge in [-0.05, 0) is 43.2 Å². The number of hydrogen-bond donors (Lipinski definition) is 1. The molecule has 4 heteroatoms. The van der Waals surface area contributed by atoms with Crippen LogP contribution in [0.15, 0.2) is 54.6 Å². The summed E-state index contributed by atoms with van der Waals surface area (Å²) in [6.07, 6.45) is 2.17. The fourth-order valence-corrected chi connectivity index (χ4v) is 2.95. The predicted octanol–water partition coefficient (Wildman–Crippen LogP) is 3.22. The van der Waals surface area contributed by atoms with Gasteiger partial charge in [0.15, 0.2) is 0 Å². The largest absolute Gasteiger partial charge is 0.367 e. The van der Waals surface area contributed by atoms with Crippen LogP contribution in [0.1, 0.15) is 23.2 Å². The molecule has 3 rings (SSSR count). The molecule has 0 bridgehead atoms. The lowest BCUT2D eigenvalue weighted by Gasteiger charge is -2.27. The molecule has 1 fully saturated rings.